The Morgan fingerprint density at radius 2 is 0.811 bits per heavy atom. The van der Waals surface area contributed by atoms with E-state index in [4.69, 9.17) is 13.3 Å². The van der Waals surface area contributed by atoms with Crippen LogP contribution in [0.1, 0.15) is 132 Å². The number of aromatic nitrogens is 3. The Morgan fingerprint density at radius 3 is 0.932 bits per heavy atom. The molecule has 13 heteroatoms. The predicted octanol–water partition coefficient (Wildman–Crippen LogP) is 20.0. The molecular weight excluding hydrogens is 992 g/mol. The molecule has 7 heterocycles. The van der Waals surface area contributed by atoms with Gasteiger partial charge in [-0.05, 0) is 221 Å². The highest BCUT2D eigenvalue weighted by Gasteiger charge is 2.35. The van der Waals surface area contributed by atoms with Gasteiger partial charge in [-0.3, -0.25) is 0 Å². The maximum Gasteiger partial charge on any atom is 0.449 e. The number of nitrogens with zero attached hydrogens (tertiary/aromatic N) is 3. The molecule has 0 radical (unpaired) electrons. The largest absolute Gasteiger partial charge is 0.469 e. The molecular formula is C61H82F3N3O4S3. The monoisotopic (exact) mass is 1070 g/mol. The number of hydrogen-bond donors (Lipinski definition) is 0. The van der Waals surface area contributed by atoms with E-state index < -0.39 is 11.9 Å². The molecule has 404 valence electrons. The molecule has 0 atom stereocenters. The standard InChI is InChI=1S/2C8H10.C7H7F3O.C7H10O.C7H10S.C6H9NO.2C6H9NS.C6H8O/c2*1-7-5-3-4-6-8(7)2;1-4-3-6(7(8,9)10)11-5(4)2;2*1-5-4-6(2)8-7(5)3;3*1-4-5(2)8-6(3)7-4;1-5-3-4-7-6(5)2/h2*3-6H,1-2H3;3H,1-2H3;2*4H,1-3H3;3*1-3H3;3-4H,1-2H3. The van der Waals surface area contributed by atoms with Crippen LogP contribution in [0.15, 0.2) is 96.7 Å². The van der Waals surface area contributed by atoms with Crippen molar-refractivity contribution in [1.29, 1.82) is 0 Å². The summed E-state index contributed by atoms with van der Waals surface area (Å²) in [6.45, 7) is 46.0. The molecule has 7 aromatic heterocycles. The van der Waals surface area contributed by atoms with E-state index in [9.17, 15) is 13.2 Å². The molecule has 7 nitrogen and oxygen atoms in total. The maximum atomic E-state index is 11.9. The fourth-order valence-electron chi connectivity index (χ4n) is 5.90. The lowest BCUT2D eigenvalue weighted by Gasteiger charge is -1.99. The maximum absolute atomic E-state index is 11.9. The van der Waals surface area contributed by atoms with Crippen molar-refractivity contribution < 1.29 is 30.8 Å². The van der Waals surface area contributed by atoms with Crippen LogP contribution in [0, 0.1) is 159 Å². The van der Waals surface area contributed by atoms with Crippen LogP contribution in [0.3, 0.4) is 0 Å². The molecule has 0 N–H and O–H groups in total. The minimum Gasteiger partial charge on any atom is -0.469 e. The zero-order valence-electron chi connectivity index (χ0n) is 48.3. The zero-order chi connectivity index (χ0) is 56.6. The molecule has 0 aliphatic heterocycles. The minimum atomic E-state index is -4.36. The fraction of sp³-hybridized carbons (Fsp3) is 0.393. The van der Waals surface area contributed by atoms with E-state index in [0.717, 1.165) is 40.7 Å². The van der Waals surface area contributed by atoms with Crippen molar-refractivity contribution in [2.24, 2.45) is 0 Å². The average Bonchev–Trinajstić information content (AvgIpc) is 4.18. The SMILES string of the molecule is Cc1cc(C(F)(F)F)oc1C.Cc1cc(C)c(C)o1.Cc1cc(C)c(C)s1.Cc1ccccc1C.Cc1ccccc1C.Cc1ccoc1C.Cc1nc(C)c(C)o1.Cc1nc(C)c(C)s1.Cc1nc(C)c(C)s1. The number of thiophene rings is 1. The average molecular weight is 1070 g/mol. The third kappa shape index (κ3) is 25.9. The topological polar surface area (TPSA) is 91.2 Å². The van der Waals surface area contributed by atoms with E-state index in [1.165, 1.54) is 86.8 Å². The van der Waals surface area contributed by atoms with Crippen LogP contribution >= 0.6 is 34.0 Å². The Morgan fingerprint density at radius 1 is 0.378 bits per heavy atom. The molecule has 0 unspecified atom stereocenters. The van der Waals surface area contributed by atoms with Crippen molar-refractivity contribution in [1.82, 2.24) is 15.0 Å². The normalized spacial score (nSPS) is 10.0. The molecule has 0 fully saturated rings. The Hall–Kier alpha value is -5.76. The highest BCUT2D eigenvalue weighted by Crippen LogP contribution is 2.32. The lowest BCUT2D eigenvalue weighted by molar-refractivity contribution is -0.153. The number of alkyl halides is 3. The summed E-state index contributed by atoms with van der Waals surface area (Å²) in [6, 6.07) is 23.9. The van der Waals surface area contributed by atoms with E-state index in [1.54, 1.807) is 35.9 Å². The first-order valence-electron chi connectivity index (χ1n) is 24.3. The summed E-state index contributed by atoms with van der Waals surface area (Å²) in [6.07, 6.45) is -2.66. The van der Waals surface area contributed by atoms with Gasteiger partial charge in [0.25, 0.3) is 0 Å². The van der Waals surface area contributed by atoms with Crippen molar-refractivity contribution in [3.63, 3.8) is 0 Å². The second-order valence-electron chi connectivity index (χ2n) is 18.0. The molecule has 0 amide bonds. The third-order valence-electron chi connectivity index (χ3n) is 11.4. The molecule has 0 saturated heterocycles. The number of aryl methyl sites for hydroxylation is 23. The second-order valence-corrected chi connectivity index (χ2v) is 22.3. The first-order valence-corrected chi connectivity index (χ1v) is 26.8. The lowest BCUT2D eigenvalue weighted by Crippen LogP contribution is -2.02. The zero-order valence-corrected chi connectivity index (χ0v) is 50.8. The first kappa shape index (κ1) is 66.3. The van der Waals surface area contributed by atoms with Gasteiger partial charge in [0, 0.05) is 26.4 Å². The minimum absolute atomic E-state index is 0.317. The molecule has 0 bridgehead atoms. The van der Waals surface area contributed by atoms with E-state index >= 15 is 0 Å². The van der Waals surface area contributed by atoms with Crippen molar-refractivity contribution in [2.45, 2.75) is 165 Å². The summed E-state index contributed by atoms with van der Waals surface area (Å²) < 4.78 is 55.4. The van der Waals surface area contributed by atoms with Gasteiger partial charge in [0.2, 0.25) is 5.76 Å². The second kappa shape index (κ2) is 32.5. The van der Waals surface area contributed by atoms with E-state index in [-0.39, 0.29) is 0 Å². The summed E-state index contributed by atoms with van der Waals surface area (Å²) in [5, 5.41) is 2.33. The van der Waals surface area contributed by atoms with Crippen LogP contribution in [-0.4, -0.2) is 15.0 Å². The van der Waals surface area contributed by atoms with E-state index in [0.29, 0.717) is 11.3 Å². The van der Waals surface area contributed by atoms with Gasteiger partial charge in [-0.15, -0.1) is 34.0 Å². The Labute approximate surface area is 453 Å². The summed E-state index contributed by atoms with van der Waals surface area (Å²) in [4.78, 5) is 18.0. The predicted molar refractivity (Wildman–Crippen MR) is 308 cm³/mol. The van der Waals surface area contributed by atoms with Gasteiger partial charge >= 0.3 is 6.18 Å². The molecule has 74 heavy (non-hydrogen) atoms. The number of hydrogen-bond acceptors (Lipinski definition) is 10. The summed E-state index contributed by atoms with van der Waals surface area (Å²) in [5.41, 5.74) is 13.2. The van der Waals surface area contributed by atoms with E-state index in [2.05, 4.69) is 136 Å². The number of rotatable bonds is 0. The highest BCUT2D eigenvalue weighted by molar-refractivity contribution is 7.12. The molecule has 9 rings (SSSR count). The number of thiazole rings is 2. The van der Waals surface area contributed by atoms with Gasteiger partial charge in [0.05, 0.1) is 33.4 Å². The van der Waals surface area contributed by atoms with Crippen LogP contribution in [-0.2, 0) is 6.18 Å². The van der Waals surface area contributed by atoms with E-state index in [1.807, 2.05) is 107 Å². The molecule has 2 aromatic carbocycles. The quantitative estimate of drug-likeness (QED) is 0.149. The van der Waals surface area contributed by atoms with Crippen LogP contribution < -0.4 is 0 Å². The fourth-order valence-corrected chi connectivity index (χ4v) is 8.48. The smallest absolute Gasteiger partial charge is 0.449 e. The summed E-state index contributed by atoms with van der Waals surface area (Å²) in [7, 11) is 0. The first-order chi connectivity index (χ1) is 34.3. The number of benzene rings is 2. The highest BCUT2D eigenvalue weighted by atomic mass is 32.1. The lowest BCUT2D eigenvalue weighted by atomic mass is 10.1. The van der Waals surface area contributed by atoms with Crippen molar-refractivity contribution in [3.8, 4) is 0 Å². The molecule has 0 aliphatic rings. The van der Waals surface area contributed by atoms with Crippen LogP contribution in [0.5, 0.6) is 0 Å². The Balaban J connectivity index is 0.000000417. The van der Waals surface area contributed by atoms with Gasteiger partial charge in [-0.2, -0.15) is 13.2 Å². The van der Waals surface area contributed by atoms with Gasteiger partial charge in [-0.1, -0.05) is 48.5 Å². The number of oxazole rings is 1. The summed E-state index contributed by atoms with van der Waals surface area (Å²) in [5.74, 6) is 4.11. The number of halogens is 3. The van der Waals surface area contributed by atoms with Gasteiger partial charge in [0.15, 0.2) is 5.89 Å². The van der Waals surface area contributed by atoms with Crippen LogP contribution in [0.2, 0.25) is 0 Å². The van der Waals surface area contributed by atoms with Gasteiger partial charge in [-0.25, -0.2) is 15.0 Å². The molecule has 9 aromatic rings. The van der Waals surface area contributed by atoms with Crippen molar-refractivity contribution >= 4 is 34.0 Å². The van der Waals surface area contributed by atoms with Crippen molar-refractivity contribution in [2.75, 3.05) is 0 Å². The van der Waals surface area contributed by atoms with Crippen LogP contribution in [0.25, 0.3) is 0 Å². The van der Waals surface area contributed by atoms with Gasteiger partial charge < -0.3 is 17.7 Å². The molecule has 0 spiro atoms. The third-order valence-corrected chi connectivity index (χ3v) is 14.4. The molecule has 0 aliphatic carbocycles. The van der Waals surface area contributed by atoms with Gasteiger partial charge in [0.1, 0.15) is 28.8 Å². The molecule has 0 saturated carbocycles. The summed E-state index contributed by atoms with van der Waals surface area (Å²) >= 11 is 5.39. The Bertz CT molecular complexity index is 2530. The van der Waals surface area contributed by atoms with Crippen molar-refractivity contribution in [3.05, 3.63) is 211 Å². The number of furan rings is 3. The Kier molecular flexibility index (Phi) is 29.1. The van der Waals surface area contributed by atoms with Crippen LogP contribution in [0.4, 0.5) is 13.2 Å².